The van der Waals surface area contributed by atoms with E-state index in [4.69, 9.17) is 4.74 Å². The highest BCUT2D eigenvalue weighted by atomic mass is 16.5. The predicted octanol–water partition coefficient (Wildman–Crippen LogP) is 1.55. The third-order valence-electron chi connectivity index (χ3n) is 3.71. The van der Waals surface area contributed by atoms with Gasteiger partial charge in [0.1, 0.15) is 0 Å². The number of hydrogen-bond donors (Lipinski definition) is 3. The van der Waals surface area contributed by atoms with Crippen LogP contribution in [0.15, 0.2) is 0 Å². The van der Waals surface area contributed by atoms with Gasteiger partial charge in [0.15, 0.2) is 0 Å². The van der Waals surface area contributed by atoms with Crippen LogP contribution < -0.4 is 5.32 Å². The Balaban J connectivity index is 1.89. The third kappa shape index (κ3) is 8.58. The summed E-state index contributed by atoms with van der Waals surface area (Å²) in [5.74, 6) is 1.28. The minimum absolute atomic E-state index is 0.110. The van der Waals surface area contributed by atoms with Crippen LogP contribution >= 0.6 is 0 Å². The summed E-state index contributed by atoms with van der Waals surface area (Å²) in [6.45, 7) is 7.04. The number of aliphatic hydroxyl groups excluding tert-OH is 2. The quantitative estimate of drug-likeness (QED) is 0.529. The molecule has 0 bridgehead atoms. The first kappa shape index (κ1) is 16.9. The summed E-state index contributed by atoms with van der Waals surface area (Å²) >= 11 is 0. The van der Waals surface area contributed by atoms with Gasteiger partial charge in [0.25, 0.3) is 0 Å². The monoisotopic (exact) mass is 273 g/mol. The fraction of sp³-hybridized carbons (Fsp3) is 1.00. The van der Waals surface area contributed by atoms with Crippen LogP contribution in [0.25, 0.3) is 0 Å². The molecule has 1 rings (SSSR count). The number of ether oxygens (including phenoxy) is 1. The molecule has 1 saturated carbocycles. The van der Waals surface area contributed by atoms with E-state index in [1.54, 1.807) is 0 Å². The van der Waals surface area contributed by atoms with Crippen molar-refractivity contribution in [3.05, 3.63) is 0 Å². The average Bonchev–Trinajstić information content (AvgIpc) is 2.74. The van der Waals surface area contributed by atoms with Crippen molar-refractivity contribution < 1.29 is 14.9 Å². The maximum Gasteiger partial charge on any atom is 0.0897 e. The van der Waals surface area contributed by atoms with Crippen LogP contribution in [0.2, 0.25) is 0 Å². The zero-order valence-electron chi connectivity index (χ0n) is 12.5. The molecule has 0 spiro atoms. The molecule has 0 amide bonds. The van der Waals surface area contributed by atoms with Crippen molar-refractivity contribution in [3.63, 3.8) is 0 Å². The Morgan fingerprint density at radius 2 is 2.11 bits per heavy atom. The molecule has 3 N–H and O–H groups in total. The molecule has 3 unspecified atom stereocenters. The lowest BCUT2D eigenvalue weighted by Crippen LogP contribution is -2.33. The van der Waals surface area contributed by atoms with Gasteiger partial charge in [-0.05, 0) is 50.5 Å². The molecule has 1 fully saturated rings. The number of nitrogens with one attached hydrogen (secondary N) is 1. The Labute approximate surface area is 117 Å². The maximum atomic E-state index is 9.75. The number of hydrogen-bond acceptors (Lipinski definition) is 4. The van der Waals surface area contributed by atoms with Crippen LogP contribution in [0.1, 0.15) is 46.0 Å². The SMILES string of the molecule is CC(C)CCCOCC(O)CNCC1CCC(O)C1. The van der Waals surface area contributed by atoms with E-state index in [2.05, 4.69) is 19.2 Å². The summed E-state index contributed by atoms with van der Waals surface area (Å²) in [7, 11) is 0. The molecule has 1 aliphatic rings. The van der Waals surface area contributed by atoms with Crippen molar-refractivity contribution in [2.75, 3.05) is 26.3 Å². The molecule has 0 aromatic rings. The largest absolute Gasteiger partial charge is 0.393 e. The molecular formula is C15H31NO3. The van der Waals surface area contributed by atoms with Gasteiger partial charge in [0.05, 0.1) is 18.8 Å². The molecule has 0 saturated heterocycles. The highest BCUT2D eigenvalue weighted by molar-refractivity contribution is 4.76. The Morgan fingerprint density at radius 3 is 2.74 bits per heavy atom. The maximum absolute atomic E-state index is 9.75. The van der Waals surface area contributed by atoms with Crippen molar-refractivity contribution in [1.82, 2.24) is 5.32 Å². The lowest BCUT2D eigenvalue weighted by atomic mass is 10.1. The van der Waals surface area contributed by atoms with Gasteiger partial charge in [-0.1, -0.05) is 13.8 Å². The van der Waals surface area contributed by atoms with Gasteiger partial charge in [0.2, 0.25) is 0 Å². The van der Waals surface area contributed by atoms with E-state index in [0.717, 1.165) is 44.8 Å². The van der Waals surface area contributed by atoms with Crippen LogP contribution in [0, 0.1) is 11.8 Å². The van der Waals surface area contributed by atoms with Crippen LogP contribution in [-0.2, 0) is 4.74 Å². The van der Waals surface area contributed by atoms with Gasteiger partial charge in [-0.2, -0.15) is 0 Å². The van der Waals surface area contributed by atoms with Crippen LogP contribution in [0.3, 0.4) is 0 Å². The van der Waals surface area contributed by atoms with E-state index in [0.29, 0.717) is 19.1 Å². The van der Waals surface area contributed by atoms with Crippen molar-refractivity contribution in [1.29, 1.82) is 0 Å². The second-order valence-corrected chi connectivity index (χ2v) is 6.26. The normalized spacial score (nSPS) is 25.1. The summed E-state index contributed by atoms with van der Waals surface area (Å²) in [5.41, 5.74) is 0. The molecule has 4 nitrogen and oxygen atoms in total. The zero-order valence-corrected chi connectivity index (χ0v) is 12.5. The summed E-state index contributed by atoms with van der Waals surface area (Å²) in [5, 5.41) is 22.4. The van der Waals surface area contributed by atoms with Gasteiger partial charge < -0.3 is 20.3 Å². The second-order valence-electron chi connectivity index (χ2n) is 6.26. The lowest BCUT2D eigenvalue weighted by Gasteiger charge is -2.15. The number of rotatable bonds is 10. The van der Waals surface area contributed by atoms with Crippen molar-refractivity contribution >= 4 is 0 Å². The first-order chi connectivity index (χ1) is 9.08. The molecule has 1 aliphatic carbocycles. The zero-order chi connectivity index (χ0) is 14.1. The molecule has 0 heterocycles. The minimum Gasteiger partial charge on any atom is -0.393 e. The van der Waals surface area contributed by atoms with E-state index in [-0.39, 0.29) is 6.10 Å². The molecule has 4 heteroatoms. The van der Waals surface area contributed by atoms with Gasteiger partial charge in [-0.25, -0.2) is 0 Å². The Hall–Kier alpha value is -0.160. The van der Waals surface area contributed by atoms with Crippen molar-refractivity contribution in [2.24, 2.45) is 11.8 Å². The summed E-state index contributed by atoms with van der Waals surface area (Å²) in [6.07, 6.45) is 4.63. The standard InChI is InChI=1S/C15H31NO3/c1-12(2)4-3-7-19-11-15(18)10-16-9-13-5-6-14(17)8-13/h12-18H,3-11H2,1-2H3. The smallest absolute Gasteiger partial charge is 0.0897 e. The molecule has 0 aromatic carbocycles. The highest BCUT2D eigenvalue weighted by Crippen LogP contribution is 2.24. The van der Waals surface area contributed by atoms with E-state index in [1.165, 1.54) is 6.42 Å². The topological polar surface area (TPSA) is 61.7 Å². The Kier molecular flexibility index (Phi) is 8.62. The molecule has 3 atom stereocenters. The van der Waals surface area contributed by atoms with E-state index < -0.39 is 6.10 Å². The Morgan fingerprint density at radius 1 is 1.32 bits per heavy atom. The third-order valence-corrected chi connectivity index (χ3v) is 3.71. The van der Waals surface area contributed by atoms with Crippen LogP contribution in [-0.4, -0.2) is 48.7 Å². The van der Waals surface area contributed by atoms with Gasteiger partial charge >= 0.3 is 0 Å². The van der Waals surface area contributed by atoms with Gasteiger partial charge in [-0.3, -0.25) is 0 Å². The minimum atomic E-state index is -0.426. The molecule has 114 valence electrons. The highest BCUT2D eigenvalue weighted by Gasteiger charge is 2.22. The molecule has 19 heavy (non-hydrogen) atoms. The van der Waals surface area contributed by atoms with Crippen LogP contribution in [0.5, 0.6) is 0 Å². The van der Waals surface area contributed by atoms with Crippen molar-refractivity contribution in [3.8, 4) is 0 Å². The van der Waals surface area contributed by atoms with Gasteiger partial charge in [0, 0.05) is 13.2 Å². The van der Waals surface area contributed by atoms with E-state index >= 15 is 0 Å². The molecule has 0 radical (unpaired) electrons. The molecular weight excluding hydrogens is 242 g/mol. The summed E-state index contributed by atoms with van der Waals surface area (Å²) in [4.78, 5) is 0. The predicted molar refractivity (Wildman–Crippen MR) is 77.1 cm³/mol. The Bertz CT molecular complexity index is 223. The summed E-state index contributed by atoms with van der Waals surface area (Å²) < 4.78 is 5.46. The van der Waals surface area contributed by atoms with E-state index in [9.17, 15) is 10.2 Å². The van der Waals surface area contributed by atoms with Gasteiger partial charge in [-0.15, -0.1) is 0 Å². The molecule has 0 aromatic heterocycles. The fourth-order valence-corrected chi connectivity index (χ4v) is 2.56. The van der Waals surface area contributed by atoms with Crippen molar-refractivity contribution in [2.45, 2.75) is 58.2 Å². The number of aliphatic hydroxyl groups is 2. The second kappa shape index (κ2) is 9.70. The average molecular weight is 273 g/mol. The fourth-order valence-electron chi connectivity index (χ4n) is 2.56. The summed E-state index contributed by atoms with van der Waals surface area (Å²) in [6, 6.07) is 0. The van der Waals surface area contributed by atoms with Crippen LogP contribution in [0.4, 0.5) is 0 Å². The molecule has 0 aliphatic heterocycles. The first-order valence-electron chi connectivity index (χ1n) is 7.72. The van der Waals surface area contributed by atoms with E-state index in [1.807, 2.05) is 0 Å². The lowest BCUT2D eigenvalue weighted by molar-refractivity contribution is 0.0344. The first-order valence-corrected chi connectivity index (χ1v) is 7.72.